The molecule has 1 aliphatic rings. The molecule has 108 valence electrons. The molecule has 1 atom stereocenters. The van der Waals surface area contributed by atoms with Crippen molar-refractivity contribution in [3.63, 3.8) is 0 Å². The lowest BCUT2D eigenvalue weighted by Gasteiger charge is -2.45. The molecule has 0 saturated carbocycles. The van der Waals surface area contributed by atoms with E-state index in [0.29, 0.717) is 25.8 Å². The lowest BCUT2D eigenvalue weighted by molar-refractivity contribution is -0.155. The molecule has 0 bridgehead atoms. The van der Waals surface area contributed by atoms with Crippen LogP contribution in [0, 0.1) is 0 Å². The van der Waals surface area contributed by atoms with Crippen LogP contribution < -0.4 is 5.32 Å². The molecule has 0 spiro atoms. The molecule has 0 radical (unpaired) electrons. The quantitative estimate of drug-likeness (QED) is 0.776. The number of nitrogens with zero attached hydrogens (tertiary/aromatic N) is 1. The smallest absolute Gasteiger partial charge is 0.249 e. The fraction of sp³-hybridized carbons (Fsp3) is 0.733. The van der Waals surface area contributed by atoms with E-state index in [4.69, 9.17) is 0 Å². The highest BCUT2D eigenvalue weighted by Gasteiger charge is 2.47. The van der Waals surface area contributed by atoms with Crippen molar-refractivity contribution in [2.75, 3.05) is 6.54 Å². The molecule has 1 aliphatic heterocycles. The second-order valence-electron chi connectivity index (χ2n) is 5.44. The number of hydrogen-bond acceptors (Lipinski definition) is 2. The molecule has 4 heteroatoms. The van der Waals surface area contributed by atoms with Crippen LogP contribution in [0.2, 0.25) is 0 Å². The second kappa shape index (κ2) is 6.22. The first kappa shape index (κ1) is 15.7. The maximum Gasteiger partial charge on any atom is 0.249 e. The molecule has 1 saturated heterocycles. The predicted octanol–water partition coefficient (Wildman–Crippen LogP) is 2.25. The van der Waals surface area contributed by atoms with Gasteiger partial charge in [0.25, 0.3) is 0 Å². The van der Waals surface area contributed by atoms with E-state index in [2.05, 4.69) is 5.32 Å². The van der Waals surface area contributed by atoms with Gasteiger partial charge >= 0.3 is 0 Å². The minimum Gasteiger partial charge on any atom is -0.340 e. The summed E-state index contributed by atoms with van der Waals surface area (Å²) < 4.78 is 0. The molecule has 1 heterocycles. The Balaban J connectivity index is 3.09. The van der Waals surface area contributed by atoms with Gasteiger partial charge in [-0.25, -0.2) is 0 Å². The topological polar surface area (TPSA) is 49.4 Å². The lowest BCUT2D eigenvalue weighted by Crippen LogP contribution is -2.69. The van der Waals surface area contributed by atoms with E-state index < -0.39 is 5.54 Å². The van der Waals surface area contributed by atoms with Gasteiger partial charge in [-0.1, -0.05) is 32.4 Å². The lowest BCUT2D eigenvalue weighted by atomic mass is 9.86. The number of allylic oxidation sites excluding steroid dienone is 1. The Kier molecular flexibility index (Phi) is 5.15. The van der Waals surface area contributed by atoms with Crippen LogP contribution in [-0.2, 0) is 9.59 Å². The highest BCUT2D eigenvalue weighted by atomic mass is 16.2. The predicted molar refractivity (Wildman–Crippen MR) is 76.7 cm³/mol. The van der Waals surface area contributed by atoms with Gasteiger partial charge in [-0.15, -0.1) is 0 Å². The average molecular weight is 266 g/mol. The van der Waals surface area contributed by atoms with Gasteiger partial charge in [-0.2, -0.15) is 0 Å². The first-order valence-electron chi connectivity index (χ1n) is 7.18. The highest BCUT2D eigenvalue weighted by molar-refractivity contribution is 5.99. The van der Waals surface area contributed by atoms with Gasteiger partial charge in [0, 0.05) is 6.54 Å². The summed E-state index contributed by atoms with van der Waals surface area (Å²) >= 11 is 0. The molecule has 0 aliphatic carbocycles. The maximum absolute atomic E-state index is 12.7. The monoisotopic (exact) mass is 266 g/mol. The number of rotatable bonds is 5. The van der Waals surface area contributed by atoms with E-state index in [-0.39, 0.29) is 17.9 Å². The molecule has 2 amide bonds. The molecule has 1 rings (SSSR count). The summed E-state index contributed by atoms with van der Waals surface area (Å²) in [5.74, 6) is 0.0365. The summed E-state index contributed by atoms with van der Waals surface area (Å²) in [6.45, 7) is 10.4. The van der Waals surface area contributed by atoms with Crippen molar-refractivity contribution < 1.29 is 9.59 Å². The minimum absolute atomic E-state index is 0.0204. The number of nitrogens with one attached hydrogen (secondary N) is 1. The van der Waals surface area contributed by atoms with Gasteiger partial charge in [0.1, 0.15) is 11.6 Å². The Morgan fingerprint density at radius 1 is 1.26 bits per heavy atom. The van der Waals surface area contributed by atoms with Crippen LogP contribution in [0.3, 0.4) is 0 Å². The van der Waals surface area contributed by atoms with Gasteiger partial charge in [-0.3, -0.25) is 9.59 Å². The highest BCUT2D eigenvalue weighted by Crippen LogP contribution is 2.26. The van der Waals surface area contributed by atoms with Crippen molar-refractivity contribution in [1.29, 1.82) is 0 Å². The number of carbonyl (C=O) groups excluding carboxylic acids is 2. The molecule has 19 heavy (non-hydrogen) atoms. The normalized spacial score (nSPS) is 22.2. The van der Waals surface area contributed by atoms with Crippen LogP contribution in [0.5, 0.6) is 0 Å². The third kappa shape index (κ3) is 2.99. The van der Waals surface area contributed by atoms with Crippen molar-refractivity contribution in [1.82, 2.24) is 10.2 Å². The Bertz CT molecular complexity index is 380. The van der Waals surface area contributed by atoms with Crippen LogP contribution in [-0.4, -0.2) is 34.8 Å². The van der Waals surface area contributed by atoms with Crippen LogP contribution in [0.4, 0.5) is 0 Å². The van der Waals surface area contributed by atoms with E-state index in [9.17, 15) is 9.59 Å². The largest absolute Gasteiger partial charge is 0.340 e. The fourth-order valence-corrected chi connectivity index (χ4v) is 2.56. The fourth-order valence-electron chi connectivity index (χ4n) is 2.56. The Morgan fingerprint density at radius 2 is 1.84 bits per heavy atom. The summed E-state index contributed by atoms with van der Waals surface area (Å²) in [7, 11) is 0. The number of amides is 2. The molecule has 0 aromatic heterocycles. The molecule has 1 N–H and O–H groups in total. The standard InChI is InChI=1S/C15H26N2O2/c1-6-12-13(18)16-15(7-2,8-3)14(19)17(12)10-9-11(4)5/h9,12H,6-8,10H2,1-5H3,(H,16,18). The van der Waals surface area contributed by atoms with Gasteiger partial charge in [0.2, 0.25) is 11.8 Å². The molecule has 1 fully saturated rings. The van der Waals surface area contributed by atoms with Crippen LogP contribution in [0.1, 0.15) is 53.9 Å². The van der Waals surface area contributed by atoms with Gasteiger partial charge < -0.3 is 10.2 Å². The first-order valence-corrected chi connectivity index (χ1v) is 7.18. The third-order valence-corrected chi connectivity index (χ3v) is 4.00. The number of carbonyl (C=O) groups is 2. The minimum atomic E-state index is -0.710. The summed E-state index contributed by atoms with van der Waals surface area (Å²) in [5.41, 5.74) is 0.449. The van der Waals surface area contributed by atoms with Gasteiger partial charge in [-0.05, 0) is 33.1 Å². The Hall–Kier alpha value is -1.32. The Labute approximate surface area is 116 Å². The van der Waals surface area contributed by atoms with E-state index in [1.165, 1.54) is 0 Å². The Morgan fingerprint density at radius 3 is 2.26 bits per heavy atom. The molecule has 0 aromatic carbocycles. The van der Waals surface area contributed by atoms with Crippen LogP contribution >= 0.6 is 0 Å². The van der Waals surface area contributed by atoms with Crippen molar-refractivity contribution in [2.45, 2.75) is 65.5 Å². The zero-order valence-electron chi connectivity index (χ0n) is 12.7. The number of piperazine rings is 1. The van der Waals surface area contributed by atoms with Crippen molar-refractivity contribution in [3.05, 3.63) is 11.6 Å². The molecular formula is C15H26N2O2. The van der Waals surface area contributed by atoms with Crippen LogP contribution in [0.15, 0.2) is 11.6 Å². The SMILES string of the molecule is CCC1C(=O)NC(CC)(CC)C(=O)N1CC=C(C)C. The molecule has 1 unspecified atom stereocenters. The van der Waals surface area contributed by atoms with E-state index >= 15 is 0 Å². The summed E-state index contributed by atoms with van der Waals surface area (Å²) in [5, 5.41) is 2.95. The molecule has 4 nitrogen and oxygen atoms in total. The zero-order chi connectivity index (χ0) is 14.6. The van der Waals surface area contributed by atoms with E-state index in [0.717, 1.165) is 5.57 Å². The zero-order valence-corrected chi connectivity index (χ0v) is 12.7. The van der Waals surface area contributed by atoms with Crippen molar-refractivity contribution in [2.24, 2.45) is 0 Å². The van der Waals surface area contributed by atoms with Crippen LogP contribution in [0.25, 0.3) is 0 Å². The summed E-state index contributed by atoms with van der Waals surface area (Å²) in [6, 6.07) is -0.339. The molecular weight excluding hydrogens is 240 g/mol. The van der Waals surface area contributed by atoms with Crippen molar-refractivity contribution in [3.8, 4) is 0 Å². The second-order valence-corrected chi connectivity index (χ2v) is 5.44. The first-order chi connectivity index (χ1) is 8.91. The summed E-state index contributed by atoms with van der Waals surface area (Å²) in [4.78, 5) is 26.7. The third-order valence-electron chi connectivity index (χ3n) is 4.00. The van der Waals surface area contributed by atoms with E-state index in [1.807, 2.05) is 40.7 Å². The average Bonchev–Trinajstić information content (AvgIpc) is 2.38. The summed E-state index contributed by atoms with van der Waals surface area (Å²) in [6.07, 6.45) is 3.93. The number of hydrogen-bond donors (Lipinski definition) is 1. The molecule has 0 aromatic rings. The van der Waals surface area contributed by atoms with Gasteiger partial charge in [0.05, 0.1) is 0 Å². The van der Waals surface area contributed by atoms with E-state index in [1.54, 1.807) is 4.90 Å². The maximum atomic E-state index is 12.7. The van der Waals surface area contributed by atoms with Crippen molar-refractivity contribution >= 4 is 11.8 Å². The van der Waals surface area contributed by atoms with Gasteiger partial charge in [0.15, 0.2) is 0 Å².